The molecule has 136 valence electrons. The fourth-order valence-corrected chi connectivity index (χ4v) is 4.60. The van der Waals surface area contributed by atoms with Gasteiger partial charge in [-0.05, 0) is 31.7 Å². The molecule has 25 heavy (non-hydrogen) atoms. The number of carbonyl (C=O) groups excluding carboxylic acids is 1. The number of aliphatic hydroxyl groups is 1. The molecule has 1 saturated heterocycles. The predicted molar refractivity (Wildman–Crippen MR) is 96.1 cm³/mol. The van der Waals surface area contributed by atoms with Crippen molar-refractivity contribution < 1.29 is 14.6 Å². The summed E-state index contributed by atoms with van der Waals surface area (Å²) in [6.07, 6.45) is 3.84. The molecule has 5 nitrogen and oxygen atoms in total. The zero-order chi connectivity index (χ0) is 17.6. The highest BCUT2D eigenvalue weighted by Crippen LogP contribution is 2.40. The van der Waals surface area contributed by atoms with E-state index in [1.807, 2.05) is 12.1 Å². The fraction of sp³-hybridized carbons (Fsp3) is 0.650. The number of amides is 1. The summed E-state index contributed by atoms with van der Waals surface area (Å²) in [4.78, 5) is 15.3. The van der Waals surface area contributed by atoms with Crippen molar-refractivity contribution in [3.63, 3.8) is 0 Å². The Bertz CT molecular complexity index is 673. The summed E-state index contributed by atoms with van der Waals surface area (Å²) in [5.74, 6) is 0.710. The second-order valence-electron chi connectivity index (χ2n) is 8.37. The minimum atomic E-state index is -0.218. The molecule has 1 aromatic carbocycles. The molecule has 1 saturated carbocycles. The molecule has 0 aromatic heterocycles. The van der Waals surface area contributed by atoms with Crippen molar-refractivity contribution in [1.29, 1.82) is 0 Å². The van der Waals surface area contributed by atoms with Crippen LogP contribution in [0.15, 0.2) is 18.2 Å². The Morgan fingerprint density at radius 1 is 1.32 bits per heavy atom. The normalized spacial score (nSPS) is 30.9. The van der Waals surface area contributed by atoms with E-state index in [2.05, 4.69) is 30.1 Å². The first kappa shape index (κ1) is 16.9. The standard InChI is InChI=1S/C20H28N2O3/c1-20(2)12-25-18-14(5-3-6-15(18)20)19(24)21-16-7-4-8-17(16)22-10-9-13(23)11-22/h3,5-6,13,16-17,23H,4,7-12H2,1-2H3,(H,21,24)/t13?,16-,17+/m1/s1. The first-order chi connectivity index (χ1) is 12.0. The SMILES string of the molecule is CC1(C)COc2c(C(=O)N[C@@H]3CCC[C@@H]3N3CCC(O)C3)cccc21. The zero-order valence-electron chi connectivity index (χ0n) is 15.1. The molecule has 3 aliphatic rings. The molecular weight excluding hydrogens is 316 g/mol. The van der Waals surface area contributed by atoms with Gasteiger partial charge in [0.25, 0.3) is 5.91 Å². The number of para-hydroxylation sites is 1. The number of ether oxygens (including phenoxy) is 1. The summed E-state index contributed by atoms with van der Waals surface area (Å²) in [5.41, 5.74) is 1.72. The molecule has 2 heterocycles. The van der Waals surface area contributed by atoms with Gasteiger partial charge in [0.05, 0.1) is 18.3 Å². The van der Waals surface area contributed by atoms with E-state index < -0.39 is 0 Å². The van der Waals surface area contributed by atoms with Gasteiger partial charge < -0.3 is 15.2 Å². The van der Waals surface area contributed by atoms with Crippen molar-refractivity contribution in [3.05, 3.63) is 29.3 Å². The number of hydrogen-bond donors (Lipinski definition) is 2. The van der Waals surface area contributed by atoms with E-state index >= 15 is 0 Å². The molecule has 3 atom stereocenters. The van der Waals surface area contributed by atoms with Crippen molar-refractivity contribution in [3.8, 4) is 5.75 Å². The third kappa shape index (κ3) is 3.04. The summed E-state index contributed by atoms with van der Waals surface area (Å²) >= 11 is 0. The molecule has 2 N–H and O–H groups in total. The van der Waals surface area contributed by atoms with Gasteiger partial charge in [0.15, 0.2) is 0 Å². The van der Waals surface area contributed by atoms with Gasteiger partial charge in [-0.3, -0.25) is 9.69 Å². The molecule has 5 heteroatoms. The van der Waals surface area contributed by atoms with Crippen LogP contribution in [0.1, 0.15) is 55.5 Å². The number of β-amino-alcohol motifs (C(OH)–C–C–N with tert-alkyl or cyclic N) is 1. The minimum Gasteiger partial charge on any atom is -0.492 e. The summed E-state index contributed by atoms with van der Waals surface area (Å²) in [5, 5.41) is 13.1. The minimum absolute atomic E-state index is 0.0359. The van der Waals surface area contributed by atoms with Crippen LogP contribution in [0.5, 0.6) is 5.75 Å². The second-order valence-corrected chi connectivity index (χ2v) is 8.37. The number of aliphatic hydroxyl groups excluding tert-OH is 1. The first-order valence-electron chi connectivity index (χ1n) is 9.45. The number of hydrogen-bond acceptors (Lipinski definition) is 4. The summed E-state index contributed by atoms with van der Waals surface area (Å²) in [6, 6.07) is 6.37. The Morgan fingerprint density at radius 3 is 2.92 bits per heavy atom. The quantitative estimate of drug-likeness (QED) is 0.881. The van der Waals surface area contributed by atoms with Crippen LogP contribution in [-0.2, 0) is 5.41 Å². The second kappa shape index (κ2) is 6.29. The smallest absolute Gasteiger partial charge is 0.255 e. The molecule has 0 spiro atoms. The molecule has 1 unspecified atom stereocenters. The maximum Gasteiger partial charge on any atom is 0.255 e. The van der Waals surface area contributed by atoms with Crippen molar-refractivity contribution in [2.45, 2.75) is 63.1 Å². The van der Waals surface area contributed by atoms with Crippen LogP contribution >= 0.6 is 0 Å². The Hall–Kier alpha value is -1.59. The van der Waals surface area contributed by atoms with Gasteiger partial charge in [-0.2, -0.15) is 0 Å². The van der Waals surface area contributed by atoms with E-state index in [0.29, 0.717) is 18.2 Å². The van der Waals surface area contributed by atoms with Crippen LogP contribution in [0.3, 0.4) is 0 Å². The van der Waals surface area contributed by atoms with Crippen LogP contribution in [0, 0.1) is 0 Å². The number of nitrogens with one attached hydrogen (secondary N) is 1. The highest BCUT2D eigenvalue weighted by Gasteiger charge is 2.38. The van der Waals surface area contributed by atoms with Crippen molar-refractivity contribution in [2.75, 3.05) is 19.7 Å². The maximum absolute atomic E-state index is 12.9. The number of carbonyl (C=O) groups is 1. The molecule has 0 radical (unpaired) electrons. The van der Waals surface area contributed by atoms with E-state index in [-0.39, 0.29) is 23.5 Å². The van der Waals surface area contributed by atoms with Gasteiger partial charge in [-0.25, -0.2) is 0 Å². The summed E-state index contributed by atoms with van der Waals surface area (Å²) in [7, 11) is 0. The van der Waals surface area contributed by atoms with E-state index in [9.17, 15) is 9.90 Å². The molecular formula is C20H28N2O3. The van der Waals surface area contributed by atoms with Gasteiger partial charge in [0.2, 0.25) is 0 Å². The molecule has 4 rings (SSSR count). The molecule has 1 amide bonds. The molecule has 1 aromatic rings. The lowest BCUT2D eigenvalue weighted by atomic mass is 9.86. The maximum atomic E-state index is 12.9. The van der Waals surface area contributed by atoms with E-state index in [1.165, 1.54) is 0 Å². The average Bonchev–Trinajstić information content (AvgIpc) is 3.27. The van der Waals surface area contributed by atoms with Gasteiger partial charge in [0, 0.05) is 36.2 Å². The Labute approximate surface area is 149 Å². The van der Waals surface area contributed by atoms with E-state index in [0.717, 1.165) is 50.1 Å². The number of likely N-dealkylation sites (tertiary alicyclic amines) is 1. The van der Waals surface area contributed by atoms with Gasteiger partial charge >= 0.3 is 0 Å². The number of rotatable bonds is 3. The highest BCUT2D eigenvalue weighted by molar-refractivity contribution is 5.98. The van der Waals surface area contributed by atoms with Gasteiger partial charge in [-0.15, -0.1) is 0 Å². The largest absolute Gasteiger partial charge is 0.492 e. The average molecular weight is 344 g/mol. The van der Waals surface area contributed by atoms with Gasteiger partial charge in [-0.1, -0.05) is 26.0 Å². The van der Waals surface area contributed by atoms with Crippen LogP contribution in [0.4, 0.5) is 0 Å². The van der Waals surface area contributed by atoms with Gasteiger partial charge in [0.1, 0.15) is 5.75 Å². The third-order valence-corrected chi connectivity index (χ3v) is 6.03. The topological polar surface area (TPSA) is 61.8 Å². The number of nitrogens with zero attached hydrogens (tertiary/aromatic N) is 1. The van der Waals surface area contributed by atoms with Crippen molar-refractivity contribution >= 4 is 5.91 Å². The monoisotopic (exact) mass is 344 g/mol. The molecule has 1 aliphatic carbocycles. The lowest BCUT2D eigenvalue weighted by molar-refractivity contribution is 0.0902. The Balaban J connectivity index is 1.50. The predicted octanol–water partition coefficient (Wildman–Crippen LogP) is 2.07. The summed E-state index contributed by atoms with van der Waals surface area (Å²) in [6.45, 7) is 6.56. The van der Waals surface area contributed by atoms with E-state index in [4.69, 9.17) is 4.74 Å². The van der Waals surface area contributed by atoms with Crippen LogP contribution in [0.2, 0.25) is 0 Å². The number of benzene rings is 1. The Morgan fingerprint density at radius 2 is 2.16 bits per heavy atom. The van der Waals surface area contributed by atoms with Crippen molar-refractivity contribution in [1.82, 2.24) is 10.2 Å². The fourth-order valence-electron chi connectivity index (χ4n) is 4.60. The number of fused-ring (bicyclic) bond motifs is 1. The first-order valence-corrected chi connectivity index (χ1v) is 9.45. The Kier molecular flexibility index (Phi) is 4.24. The lowest BCUT2D eigenvalue weighted by Gasteiger charge is -2.30. The molecule has 0 bridgehead atoms. The van der Waals surface area contributed by atoms with E-state index in [1.54, 1.807) is 0 Å². The highest BCUT2D eigenvalue weighted by atomic mass is 16.5. The van der Waals surface area contributed by atoms with Crippen LogP contribution < -0.4 is 10.1 Å². The van der Waals surface area contributed by atoms with Crippen molar-refractivity contribution in [2.24, 2.45) is 0 Å². The summed E-state index contributed by atoms with van der Waals surface area (Å²) < 4.78 is 5.87. The molecule has 2 fully saturated rings. The lowest BCUT2D eigenvalue weighted by Crippen LogP contribution is -2.48. The van der Waals surface area contributed by atoms with Crippen LogP contribution in [0.25, 0.3) is 0 Å². The molecule has 2 aliphatic heterocycles. The third-order valence-electron chi connectivity index (χ3n) is 6.03. The zero-order valence-corrected chi connectivity index (χ0v) is 15.1. The van der Waals surface area contributed by atoms with Crippen LogP contribution in [-0.4, -0.2) is 53.8 Å².